The van der Waals surface area contributed by atoms with Crippen molar-refractivity contribution in [2.45, 2.75) is 6.92 Å². The molecule has 0 aromatic heterocycles. The maximum Gasteiger partial charge on any atom is 0.286 e. The minimum Gasteiger partial charge on any atom is -0.493 e. The van der Waals surface area contributed by atoms with Crippen LogP contribution in [-0.2, 0) is 4.79 Å². The minimum atomic E-state index is -0.150. The highest BCUT2D eigenvalue weighted by atomic mass is 32.2. The number of thioether (sulfide) groups is 1. The van der Waals surface area contributed by atoms with Gasteiger partial charge in [-0.2, -0.15) is 4.99 Å². The molecule has 1 aromatic rings. The molecule has 1 aromatic carbocycles. The maximum absolute atomic E-state index is 12.2. The van der Waals surface area contributed by atoms with Crippen molar-refractivity contribution in [1.29, 1.82) is 0 Å². The van der Waals surface area contributed by atoms with E-state index in [2.05, 4.69) is 16.9 Å². The van der Waals surface area contributed by atoms with Gasteiger partial charge in [-0.1, -0.05) is 18.2 Å². The predicted octanol–water partition coefficient (Wildman–Crippen LogP) is 0.886. The number of likely N-dealkylation sites (N-methyl/N-ethyl adjacent to an activating group) is 1. The van der Waals surface area contributed by atoms with E-state index in [1.807, 2.05) is 37.3 Å². The number of nitrogens with zero attached hydrogens (tertiary/aromatic N) is 2. The smallest absolute Gasteiger partial charge is 0.286 e. The second-order valence-corrected chi connectivity index (χ2v) is 6.73. The molecule has 1 saturated heterocycles. The number of nitrogens with one attached hydrogen (secondary N) is 1. The number of amides is 1. The van der Waals surface area contributed by atoms with Crippen LogP contribution in [0.4, 0.5) is 0 Å². The topological polar surface area (TPSA) is 46.3 Å². The van der Waals surface area contributed by atoms with Crippen molar-refractivity contribution in [3.63, 3.8) is 0 Å². The van der Waals surface area contributed by atoms with Gasteiger partial charge in [0.25, 0.3) is 5.91 Å². The van der Waals surface area contributed by atoms with Crippen molar-refractivity contribution in [2.24, 2.45) is 4.99 Å². The van der Waals surface area contributed by atoms with Gasteiger partial charge >= 0.3 is 0 Å². The third-order valence-electron chi connectivity index (χ3n) is 4.00. The third kappa shape index (κ3) is 3.76. The van der Waals surface area contributed by atoms with Gasteiger partial charge in [0.1, 0.15) is 5.75 Å². The van der Waals surface area contributed by atoms with Crippen molar-refractivity contribution < 1.29 is 14.4 Å². The van der Waals surface area contributed by atoms with Crippen LogP contribution in [0, 0.1) is 0 Å². The van der Waals surface area contributed by atoms with E-state index < -0.39 is 0 Å². The van der Waals surface area contributed by atoms with Crippen molar-refractivity contribution in [3.8, 4) is 5.75 Å². The average molecular weight is 332 g/mol. The lowest BCUT2D eigenvalue weighted by molar-refractivity contribution is -0.883. The number of benzene rings is 1. The highest BCUT2D eigenvalue weighted by Crippen LogP contribution is 2.32. The lowest BCUT2D eigenvalue weighted by Crippen LogP contribution is -3.12. The Balaban J connectivity index is 1.75. The average Bonchev–Trinajstić information content (AvgIpc) is 2.91. The Morgan fingerprint density at radius 1 is 1.35 bits per heavy atom. The summed E-state index contributed by atoms with van der Waals surface area (Å²) in [7, 11) is 2.20. The summed E-state index contributed by atoms with van der Waals surface area (Å²) in [6.07, 6.45) is 1.88. The molecule has 23 heavy (non-hydrogen) atoms. The van der Waals surface area contributed by atoms with Gasteiger partial charge in [0.05, 0.1) is 44.7 Å². The number of ether oxygens (including phenoxy) is 1. The maximum atomic E-state index is 12.2. The molecule has 0 radical (unpaired) electrons. The van der Waals surface area contributed by atoms with Crippen LogP contribution in [0.25, 0.3) is 6.08 Å². The van der Waals surface area contributed by atoms with Crippen molar-refractivity contribution >= 4 is 28.9 Å². The molecule has 3 rings (SSSR count). The molecular weight excluding hydrogens is 310 g/mol. The summed E-state index contributed by atoms with van der Waals surface area (Å²) in [4.78, 5) is 20.9. The number of para-hydroxylation sites is 1. The quantitative estimate of drug-likeness (QED) is 0.835. The molecule has 2 aliphatic rings. The highest BCUT2D eigenvalue weighted by molar-refractivity contribution is 8.18. The van der Waals surface area contributed by atoms with Gasteiger partial charge < -0.3 is 14.5 Å². The van der Waals surface area contributed by atoms with Crippen molar-refractivity contribution in [2.75, 3.05) is 39.8 Å². The molecule has 0 spiro atoms. The van der Waals surface area contributed by atoms with E-state index in [9.17, 15) is 4.79 Å². The number of hydrogen-bond acceptors (Lipinski definition) is 4. The summed E-state index contributed by atoms with van der Waals surface area (Å²) in [6, 6.07) is 7.77. The van der Waals surface area contributed by atoms with E-state index in [-0.39, 0.29) is 5.91 Å². The zero-order valence-corrected chi connectivity index (χ0v) is 14.4. The second-order valence-electron chi connectivity index (χ2n) is 5.73. The van der Waals surface area contributed by atoms with Gasteiger partial charge in [0.15, 0.2) is 5.17 Å². The zero-order valence-electron chi connectivity index (χ0n) is 13.5. The summed E-state index contributed by atoms with van der Waals surface area (Å²) in [5.74, 6) is 0.648. The first-order chi connectivity index (χ1) is 11.2. The predicted molar refractivity (Wildman–Crippen MR) is 93.8 cm³/mol. The normalized spacial score (nSPS) is 21.0. The van der Waals surface area contributed by atoms with E-state index in [0.29, 0.717) is 11.5 Å². The molecule has 1 N–H and O–H groups in total. The number of quaternary nitrogens is 1. The SMILES string of the molecule is CCOc1ccccc1/C=C1/SC(N2CC[NH+](C)CC2)=NC1=O. The molecule has 1 fully saturated rings. The van der Waals surface area contributed by atoms with Gasteiger partial charge in [0.2, 0.25) is 0 Å². The molecule has 2 aliphatic heterocycles. The zero-order chi connectivity index (χ0) is 16.2. The Morgan fingerprint density at radius 3 is 2.83 bits per heavy atom. The monoisotopic (exact) mass is 332 g/mol. The first kappa shape index (κ1) is 16.1. The largest absolute Gasteiger partial charge is 0.493 e. The van der Waals surface area contributed by atoms with Crippen LogP contribution in [0.2, 0.25) is 0 Å². The first-order valence-electron chi connectivity index (χ1n) is 7.98. The Labute approximate surface area is 141 Å². The van der Waals surface area contributed by atoms with Gasteiger partial charge in [-0.15, -0.1) is 0 Å². The van der Waals surface area contributed by atoms with E-state index in [1.165, 1.54) is 16.7 Å². The number of amidine groups is 1. The van der Waals surface area contributed by atoms with Crippen LogP contribution in [0.3, 0.4) is 0 Å². The number of aliphatic imine (C=N–C) groups is 1. The fourth-order valence-corrected chi connectivity index (χ4v) is 3.60. The number of hydrogen-bond donors (Lipinski definition) is 1. The molecule has 0 aliphatic carbocycles. The van der Waals surface area contributed by atoms with E-state index >= 15 is 0 Å². The molecule has 2 heterocycles. The Bertz CT molecular complexity index is 649. The fourth-order valence-electron chi connectivity index (χ4n) is 2.64. The molecule has 0 unspecified atom stereocenters. The van der Waals surface area contributed by atoms with Gasteiger partial charge in [-0.05, 0) is 30.8 Å². The molecule has 1 amide bonds. The molecule has 0 atom stereocenters. The fraction of sp³-hybridized carbons (Fsp3) is 0.412. The summed E-state index contributed by atoms with van der Waals surface area (Å²) in [5, 5.41) is 0.836. The van der Waals surface area contributed by atoms with Crippen LogP contribution >= 0.6 is 11.8 Å². The second kappa shape index (κ2) is 7.19. The summed E-state index contributed by atoms with van der Waals surface area (Å²) < 4.78 is 5.62. The van der Waals surface area contributed by atoms with Crippen LogP contribution in [0.15, 0.2) is 34.2 Å². The van der Waals surface area contributed by atoms with Gasteiger partial charge in [-0.3, -0.25) is 4.79 Å². The van der Waals surface area contributed by atoms with E-state index in [0.717, 1.165) is 42.7 Å². The van der Waals surface area contributed by atoms with Gasteiger partial charge in [-0.25, -0.2) is 0 Å². The number of carbonyl (C=O) groups excluding carboxylic acids is 1. The van der Waals surface area contributed by atoms with Crippen LogP contribution in [0.5, 0.6) is 5.75 Å². The summed E-state index contributed by atoms with van der Waals surface area (Å²) in [5.41, 5.74) is 0.921. The minimum absolute atomic E-state index is 0.150. The Kier molecular flexibility index (Phi) is 5.03. The van der Waals surface area contributed by atoms with Crippen molar-refractivity contribution in [3.05, 3.63) is 34.7 Å². The van der Waals surface area contributed by atoms with E-state index in [1.54, 1.807) is 0 Å². The standard InChI is InChI=1S/C17H21N3O2S/c1-3-22-14-7-5-4-6-13(14)12-15-16(21)18-17(23-15)20-10-8-19(2)9-11-20/h4-7,12H,3,8-11H2,1-2H3/p+1/b15-12+. The molecule has 0 saturated carbocycles. The molecule has 6 heteroatoms. The third-order valence-corrected chi connectivity index (χ3v) is 5.05. The molecule has 122 valence electrons. The van der Waals surface area contributed by atoms with Crippen molar-refractivity contribution in [1.82, 2.24) is 4.90 Å². The number of rotatable bonds is 3. The van der Waals surface area contributed by atoms with Crippen LogP contribution < -0.4 is 9.64 Å². The Hall–Kier alpha value is -1.79. The van der Waals surface area contributed by atoms with Gasteiger partial charge in [0, 0.05) is 5.56 Å². The summed E-state index contributed by atoms with van der Waals surface area (Å²) in [6.45, 7) is 6.63. The lowest BCUT2D eigenvalue weighted by Gasteiger charge is -2.30. The number of piperazine rings is 1. The molecule has 0 bridgehead atoms. The van der Waals surface area contributed by atoms with E-state index in [4.69, 9.17) is 4.74 Å². The molecular formula is C17H22N3O2S+. The molecule has 5 nitrogen and oxygen atoms in total. The lowest BCUT2D eigenvalue weighted by atomic mass is 10.2. The summed E-state index contributed by atoms with van der Waals surface area (Å²) >= 11 is 1.47. The number of carbonyl (C=O) groups is 1. The highest BCUT2D eigenvalue weighted by Gasteiger charge is 2.28. The van der Waals surface area contributed by atoms with Crippen LogP contribution in [-0.4, -0.2) is 55.8 Å². The van der Waals surface area contributed by atoms with Crippen LogP contribution in [0.1, 0.15) is 12.5 Å². The Morgan fingerprint density at radius 2 is 2.09 bits per heavy atom. The first-order valence-corrected chi connectivity index (χ1v) is 8.79.